The second kappa shape index (κ2) is 6.42. The Hall–Kier alpha value is -1.02. The van der Waals surface area contributed by atoms with E-state index in [9.17, 15) is 5.11 Å². The Morgan fingerprint density at radius 2 is 2.32 bits per heavy atom. The zero-order valence-electron chi connectivity index (χ0n) is 11.5. The molecule has 1 aromatic rings. The van der Waals surface area contributed by atoms with Crippen LogP contribution in [0.4, 0.5) is 0 Å². The fourth-order valence-electron chi connectivity index (χ4n) is 2.09. The summed E-state index contributed by atoms with van der Waals surface area (Å²) in [4.78, 5) is 6.52. The largest absolute Gasteiger partial charge is 0.383 e. The first-order valence-corrected chi connectivity index (χ1v) is 6.69. The number of rotatable bonds is 5. The zero-order chi connectivity index (χ0) is 13.8. The van der Waals surface area contributed by atoms with Gasteiger partial charge in [0.1, 0.15) is 12.2 Å². The van der Waals surface area contributed by atoms with E-state index >= 15 is 0 Å². The summed E-state index contributed by atoms with van der Waals surface area (Å²) >= 11 is 0. The molecule has 0 saturated carbocycles. The highest BCUT2D eigenvalue weighted by Crippen LogP contribution is 2.23. The highest BCUT2D eigenvalue weighted by Gasteiger charge is 2.28. The zero-order valence-corrected chi connectivity index (χ0v) is 11.5. The molecule has 0 amide bonds. The maximum absolute atomic E-state index is 9.74. The maximum atomic E-state index is 9.74. The van der Waals surface area contributed by atoms with Gasteiger partial charge in [0.25, 0.3) is 5.89 Å². The standard InChI is InChI=1S/C12H22N4O3/c1-8(2)16-5-6-18-10(7-16)11-14-12(19-15-11)9(17)3-4-13/h8-10,17H,3-7,13H2,1-2H3. The number of hydrogen-bond donors (Lipinski definition) is 2. The molecule has 1 aromatic heterocycles. The highest BCUT2D eigenvalue weighted by molar-refractivity contribution is 4.96. The molecule has 3 N–H and O–H groups in total. The van der Waals surface area contributed by atoms with Crippen LogP contribution in [0.15, 0.2) is 4.52 Å². The Morgan fingerprint density at radius 3 is 3.00 bits per heavy atom. The van der Waals surface area contributed by atoms with Crippen molar-refractivity contribution in [2.45, 2.75) is 38.5 Å². The van der Waals surface area contributed by atoms with E-state index in [1.807, 2.05) is 0 Å². The van der Waals surface area contributed by atoms with Crippen molar-refractivity contribution in [3.63, 3.8) is 0 Å². The van der Waals surface area contributed by atoms with E-state index in [4.69, 9.17) is 15.0 Å². The third-order valence-corrected chi connectivity index (χ3v) is 3.30. The van der Waals surface area contributed by atoms with Gasteiger partial charge in [0, 0.05) is 19.1 Å². The summed E-state index contributed by atoms with van der Waals surface area (Å²) in [6, 6.07) is 0.459. The lowest BCUT2D eigenvalue weighted by Crippen LogP contribution is -2.42. The Labute approximate surface area is 112 Å². The van der Waals surface area contributed by atoms with Crippen LogP contribution in [0.5, 0.6) is 0 Å². The van der Waals surface area contributed by atoms with E-state index in [0.717, 1.165) is 13.1 Å². The molecule has 1 fully saturated rings. The first-order chi connectivity index (χ1) is 9.11. The lowest BCUT2D eigenvalue weighted by Gasteiger charge is -2.34. The van der Waals surface area contributed by atoms with Gasteiger partial charge in [-0.1, -0.05) is 5.16 Å². The molecule has 0 aromatic carbocycles. The minimum Gasteiger partial charge on any atom is -0.383 e. The Balaban J connectivity index is 2.01. The van der Waals surface area contributed by atoms with Gasteiger partial charge in [-0.3, -0.25) is 4.90 Å². The number of aromatic nitrogens is 2. The SMILES string of the molecule is CC(C)N1CCOC(c2noc(C(O)CCN)n2)C1. The highest BCUT2D eigenvalue weighted by atomic mass is 16.5. The van der Waals surface area contributed by atoms with Crippen LogP contribution in [-0.4, -0.2) is 52.4 Å². The summed E-state index contributed by atoms with van der Waals surface area (Å²) in [5.74, 6) is 0.710. The van der Waals surface area contributed by atoms with Crippen molar-refractivity contribution in [1.29, 1.82) is 0 Å². The van der Waals surface area contributed by atoms with E-state index in [1.165, 1.54) is 0 Å². The number of hydrogen-bond acceptors (Lipinski definition) is 7. The maximum Gasteiger partial charge on any atom is 0.255 e. The van der Waals surface area contributed by atoms with Crippen molar-refractivity contribution in [2.75, 3.05) is 26.2 Å². The molecular formula is C12H22N4O3. The van der Waals surface area contributed by atoms with Crippen LogP contribution in [-0.2, 0) is 4.74 Å². The van der Waals surface area contributed by atoms with Gasteiger partial charge in [-0.2, -0.15) is 4.98 Å². The van der Waals surface area contributed by atoms with Crippen molar-refractivity contribution in [2.24, 2.45) is 5.73 Å². The summed E-state index contributed by atoms with van der Waals surface area (Å²) < 4.78 is 10.7. The van der Waals surface area contributed by atoms with Crippen molar-refractivity contribution in [1.82, 2.24) is 15.0 Å². The molecule has 1 aliphatic heterocycles. The molecule has 7 heteroatoms. The van der Waals surface area contributed by atoms with Crippen molar-refractivity contribution >= 4 is 0 Å². The predicted molar refractivity (Wildman–Crippen MR) is 68.3 cm³/mol. The van der Waals surface area contributed by atoms with Gasteiger partial charge in [0.2, 0.25) is 5.82 Å². The minimum absolute atomic E-state index is 0.196. The fourth-order valence-corrected chi connectivity index (χ4v) is 2.09. The average Bonchev–Trinajstić information content (AvgIpc) is 2.89. The van der Waals surface area contributed by atoms with Crippen LogP contribution in [0.1, 0.15) is 44.2 Å². The molecule has 1 saturated heterocycles. The number of ether oxygens (including phenoxy) is 1. The monoisotopic (exact) mass is 270 g/mol. The van der Waals surface area contributed by atoms with E-state index in [-0.39, 0.29) is 12.0 Å². The Bertz CT molecular complexity index is 396. The van der Waals surface area contributed by atoms with Crippen molar-refractivity contribution in [3.8, 4) is 0 Å². The molecule has 0 radical (unpaired) electrons. The van der Waals surface area contributed by atoms with Gasteiger partial charge in [-0.15, -0.1) is 0 Å². The summed E-state index contributed by atoms with van der Waals surface area (Å²) in [6.45, 7) is 6.97. The molecule has 0 bridgehead atoms. The normalized spacial score (nSPS) is 22.9. The van der Waals surface area contributed by atoms with Gasteiger partial charge in [0.05, 0.1) is 6.61 Å². The molecule has 2 unspecified atom stereocenters. The third kappa shape index (κ3) is 3.50. The molecular weight excluding hydrogens is 248 g/mol. The summed E-state index contributed by atoms with van der Waals surface area (Å²) in [6.07, 6.45) is -0.583. The molecule has 7 nitrogen and oxygen atoms in total. The quantitative estimate of drug-likeness (QED) is 0.790. The summed E-state index contributed by atoms with van der Waals surface area (Å²) in [5.41, 5.74) is 5.39. The van der Waals surface area contributed by atoms with Gasteiger partial charge >= 0.3 is 0 Å². The van der Waals surface area contributed by atoms with Gasteiger partial charge in [-0.25, -0.2) is 0 Å². The summed E-state index contributed by atoms with van der Waals surface area (Å²) in [5, 5.41) is 13.6. The molecule has 0 aliphatic carbocycles. The van der Waals surface area contributed by atoms with Gasteiger partial charge in [-0.05, 0) is 26.8 Å². The number of aliphatic hydroxyl groups excluding tert-OH is 1. The van der Waals surface area contributed by atoms with Crippen LogP contribution in [0, 0.1) is 0 Å². The van der Waals surface area contributed by atoms with E-state index in [2.05, 4.69) is 28.9 Å². The number of aliphatic hydroxyl groups is 1. The molecule has 19 heavy (non-hydrogen) atoms. The van der Waals surface area contributed by atoms with E-state index < -0.39 is 6.10 Å². The lowest BCUT2D eigenvalue weighted by atomic mass is 10.2. The second-order valence-corrected chi connectivity index (χ2v) is 5.03. The fraction of sp³-hybridized carbons (Fsp3) is 0.833. The van der Waals surface area contributed by atoms with Crippen molar-refractivity contribution < 1.29 is 14.4 Å². The second-order valence-electron chi connectivity index (χ2n) is 5.03. The third-order valence-electron chi connectivity index (χ3n) is 3.30. The van der Waals surface area contributed by atoms with Gasteiger partial charge < -0.3 is 20.1 Å². The topological polar surface area (TPSA) is 97.6 Å². The Kier molecular flexibility index (Phi) is 4.87. The number of nitrogens with two attached hydrogens (primary N) is 1. The molecule has 2 atom stereocenters. The first-order valence-electron chi connectivity index (χ1n) is 6.69. The first kappa shape index (κ1) is 14.4. The molecule has 2 rings (SSSR count). The van der Waals surface area contributed by atoms with Crippen LogP contribution in [0.2, 0.25) is 0 Å². The lowest BCUT2D eigenvalue weighted by molar-refractivity contribution is -0.0450. The Morgan fingerprint density at radius 1 is 1.53 bits per heavy atom. The van der Waals surface area contributed by atoms with Crippen LogP contribution >= 0.6 is 0 Å². The smallest absolute Gasteiger partial charge is 0.255 e. The molecule has 1 aliphatic rings. The van der Waals surface area contributed by atoms with Crippen molar-refractivity contribution in [3.05, 3.63) is 11.7 Å². The molecule has 108 valence electrons. The van der Waals surface area contributed by atoms with Crippen LogP contribution in [0.3, 0.4) is 0 Å². The van der Waals surface area contributed by atoms with Crippen LogP contribution in [0.25, 0.3) is 0 Å². The average molecular weight is 270 g/mol. The van der Waals surface area contributed by atoms with Crippen LogP contribution < -0.4 is 5.73 Å². The minimum atomic E-state index is -0.795. The summed E-state index contributed by atoms with van der Waals surface area (Å²) in [7, 11) is 0. The number of morpholine rings is 1. The molecule has 2 heterocycles. The molecule has 0 spiro atoms. The van der Waals surface area contributed by atoms with E-state index in [0.29, 0.717) is 31.4 Å². The number of nitrogens with zero attached hydrogens (tertiary/aromatic N) is 3. The van der Waals surface area contributed by atoms with E-state index in [1.54, 1.807) is 0 Å². The predicted octanol–water partition coefficient (Wildman–Crippen LogP) is 0.233. The van der Waals surface area contributed by atoms with Gasteiger partial charge in [0.15, 0.2) is 0 Å².